The number of anilines is 2. The highest BCUT2D eigenvalue weighted by molar-refractivity contribution is 5.84. The van der Waals surface area contributed by atoms with E-state index in [2.05, 4.69) is 31.4 Å². The van der Waals surface area contributed by atoms with Crippen molar-refractivity contribution in [1.82, 2.24) is 0 Å². The molecule has 0 aromatic heterocycles. The number of ether oxygens (including phenoxy) is 2. The maximum absolute atomic E-state index is 12.0. The van der Waals surface area contributed by atoms with Gasteiger partial charge >= 0.3 is 12.1 Å². The SMILES string of the molecule is CC(C)C(=O)OCc1ccc(NC(=O)OCc2ccc(NC(C)(C)C)cc2)cc1. The lowest BCUT2D eigenvalue weighted by molar-refractivity contribution is -0.148. The average Bonchev–Trinajstić information content (AvgIpc) is 2.65. The van der Waals surface area contributed by atoms with E-state index in [1.165, 1.54) is 0 Å². The van der Waals surface area contributed by atoms with Gasteiger partial charge in [-0.3, -0.25) is 10.1 Å². The van der Waals surface area contributed by atoms with Gasteiger partial charge in [0.05, 0.1) is 5.92 Å². The van der Waals surface area contributed by atoms with Crippen LogP contribution in [0.25, 0.3) is 0 Å². The minimum atomic E-state index is -0.527. The first-order valence-corrected chi connectivity index (χ1v) is 9.69. The second-order valence-corrected chi connectivity index (χ2v) is 8.23. The molecule has 0 spiro atoms. The predicted molar refractivity (Wildman–Crippen MR) is 115 cm³/mol. The lowest BCUT2D eigenvalue weighted by Gasteiger charge is -2.22. The van der Waals surface area contributed by atoms with Crippen molar-refractivity contribution < 1.29 is 19.1 Å². The Kier molecular flexibility index (Phi) is 7.65. The Labute approximate surface area is 172 Å². The summed E-state index contributed by atoms with van der Waals surface area (Å²) in [5.74, 6) is -0.394. The highest BCUT2D eigenvalue weighted by Crippen LogP contribution is 2.16. The van der Waals surface area contributed by atoms with E-state index in [1.54, 1.807) is 38.1 Å². The van der Waals surface area contributed by atoms with Gasteiger partial charge in [0.15, 0.2) is 0 Å². The number of hydrogen-bond donors (Lipinski definition) is 2. The van der Waals surface area contributed by atoms with Gasteiger partial charge in [0, 0.05) is 16.9 Å². The van der Waals surface area contributed by atoms with Crippen LogP contribution < -0.4 is 10.6 Å². The molecule has 1 amide bonds. The lowest BCUT2D eigenvalue weighted by atomic mass is 10.1. The molecule has 0 atom stereocenters. The zero-order valence-corrected chi connectivity index (χ0v) is 17.7. The van der Waals surface area contributed by atoms with Gasteiger partial charge in [-0.25, -0.2) is 4.79 Å². The normalized spacial score (nSPS) is 11.1. The maximum Gasteiger partial charge on any atom is 0.411 e. The Balaban J connectivity index is 1.78. The van der Waals surface area contributed by atoms with E-state index in [4.69, 9.17) is 9.47 Å². The first-order valence-electron chi connectivity index (χ1n) is 9.69. The van der Waals surface area contributed by atoms with Crippen molar-refractivity contribution >= 4 is 23.4 Å². The molecule has 0 aliphatic heterocycles. The number of hydrogen-bond acceptors (Lipinski definition) is 5. The van der Waals surface area contributed by atoms with Crippen LogP contribution in [-0.2, 0) is 27.5 Å². The van der Waals surface area contributed by atoms with Gasteiger partial charge in [-0.15, -0.1) is 0 Å². The molecule has 0 saturated heterocycles. The Morgan fingerprint density at radius 2 is 1.31 bits per heavy atom. The summed E-state index contributed by atoms with van der Waals surface area (Å²) in [5.41, 5.74) is 3.37. The second kappa shape index (κ2) is 9.96. The molecule has 2 aromatic rings. The van der Waals surface area contributed by atoms with Crippen LogP contribution in [0.2, 0.25) is 0 Å². The number of esters is 1. The van der Waals surface area contributed by atoms with E-state index >= 15 is 0 Å². The summed E-state index contributed by atoms with van der Waals surface area (Å²) in [5, 5.41) is 6.07. The third-order valence-electron chi connectivity index (χ3n) is 3.90. The fraction of sp³-hybridized carbons (Fsp3) is 0.391. The maximum atomic E-state index is 12.0. The summed E-state index contributed by atoms with van der Waals surface area (Å²) in [6.07, 6.45) is -0.527. The number of carbonyl (C=O) groups is 2. The van der Waals surface area contributed by atoms with Crippen molar-refractivity contribution in [3.63, 3.8) is 0 Å². The minimum absolute atomic E-state index is 0.0104. The van der Waals surface area contributed by atoms with Crippen LogP contribution in [-0.4, -0.2) is 17.6 Å². The van der Waals surface area contributed by atoms with E-state index in [0.717, 1.165) is 16.8 Å². The first-order chi connectivity index (χ1) is 13.6. The number of benzene rings is 2. The van der Waals surface area contributed by atoms with E-state index in [-0.39, 0.29) is 30.6 Å². The Morgan fingerprint density at radius 1 is 0.828 bits per heavy atom. The fourth-order valence-electron chi connectivity index (χ4n) is 2.43. The highest BCUT2D eigenvalue weighted by atomic mass is 16.5. The van der Waals surface area contributed by atoms with E-state index in [0.29, 0.717) is 5.69 Å². The van der Waals surface area contributed by atoms with Crippen molar-refractivity contribution in [2.24, 2.45) is 5.92 Å². The average molecular weight is 399 g/mol. The van der Waals surface area contributed by atoms with Gasteiger partial charge in [0.1, 0.15) is 13.2 Å². The molecule has 156 valence electrons. The molecule has 0 heterocycles. The molecule has 0 bridgehead atoms. The number of rotatable bonds is 7. The summed E-state index contributed by atoms with van der Waals surface area (Å²) in [6.45, 7) is 10.3. The topological polar surface area (TPSA) is 76.7 Å². The third-order valence-corrected chi connectivity index (χ3v) is 3.90. The molecule has 6 nitrogen and oxygen atoms in total. The van der Waals surface area contributed by atoms with Crippen molar-refractivity contribution in [3.05, 3.63) is 59.7 Å². The third kappa shape index (κ3) is 8.25. The van der Waals surface area contributed by atoms with Crippen LogP contribution in [0.4, 0.5) is 16.2 Å². The smallest absolute Gasteiger partial charge is 0.411 e. The van der Waals surface area contributed by atoms with Gasteiger partial charge in [0.2, 0.25) is 0 Å². The molecule has 2 rings (SSSR count). The van der Waals surface area contributed by atoms with Crippen molar-refractivity contribution in [2.45, 2.75) is 53.4 Å². The summed E-state index contributed by atoms with van der Waals surface area (Å²) in [4.78, 5) is 23.5. The molecule has 6 heteroatoms. The Morgan fingerprint density at radius 3 is 1.79 bits per heavy atom. The minimum Gasteiger partial charge on any atom is -0.461 e. The molecule has 0 saturated carbocycles. The van der Waals surface area contributed by atoms with Crippen molar-refractivity contribution in [3.8, 4) is 0 Å². The zero-order valence-electron chi connectivity index (χ0n) is 17.7. The summed E-state index contributed by atoms with van der Waals surface area (Å²) in [6, 6.07) is 14.9. The molecule has 0 aliphatic carbocycles. The molecule has 0 fully saturated rings. The van der Waals surface area contributed by atoms with Crippen molar-refractivity contribution in [1.29, 1.82) is 0 Å². The number of carbonyl (C=O) groups excluding carboxylic acids is 2. The van der Waals surface area contributed by atoms with Crippen LogP contribution in [0.3, 0.4) is 0 Å². The van der Waals surface area contributed by atoms with Gasteiger partial charge in [-0.05, 0) is 56.2 Å². The summed E-state index contributed by atoms with van der Waals surface area (Å²) >= 11 is 0. The summed E-state index contributed by atoms with van der Waals surface area (Å²) in [7, 11) is 0. The second-order valence-electron chi connectivity index (χ2n) is 8.23. The van der Waals surface area contributed by atoms with Crippen LogP contribution >= 0.6 is 0 Å². The quantitative estimate of drug-likeness (QED) is 0.615. The van der Waals surface area contributed by atoms with Crippen LogP contribution in [0.1, 0.15) is 45.7 Å². The number of amides is 1. The largest absolute Gasteiger partial charge is 0.461 e. The molecule has 29 heavy (non-hydrogen) atoms. The van der Waals surface area contributed by atoms with Gasteiger partial charge < -0.3 is 14.8 Å². The van der Waals surface area contributed by atoms with Gasteiger partial charge in [0.25, 0.3) is 0 Å². The lowest BCUT2D eigenvalue weighted by Crippen LogP contribution is -2.25. The Hall–Kier alpha value is -3.02. The van der Waals surface area contributed by atoms with Gasteiger partial charge in [-0.2, -0.15) is 0 Å². The zero-order chi connectivity index (χ0) is 21.4. The molecule has 0 aliphatic rings. The predicted octanol–water partition coefficient (Wildman–Crippen LogP) is 5.34. The molecule has 2 aromatic carbocycles. The van der Waals surface area contributed by atoms with Crippen LogP contribution in [0.5, 0.6) is 0 Å². The van der Waals surface area contributed by atoms with Crippen molar-refractivity contribution in [2.75, 3.05) is 10.6 Å². The molecule has 2 N–H and O–H groups in total. The van der Waals surface area contributed by atoms with E-state index < -0.39 is 6.09 Å². The monoisotopic (exact) mass is 398 g/mol. The summed E-state index contributed by atoms with van der Waals surface area (Å²) < 4.78 is 10.4. The first kappa shape index (κ1) is 22.3. The molecular weight excluding hydrogens is 368 g/mol. The van der Waals surface area contributed by atoms with E-state index in [1.807, 2.05) is 24.3 Å². The molecule has 0 unspecified atom stereocenters. The van der Waals surface area contributed by atoms with Crippen LogP contribution in [0.15, 0.2) is 48.5 Å². The molecule has 0 radical (unpaired) electrons. The highest BCUT2D eigenvalue weighted by Gasteiger charge is 2.10. The van der Waals surface area contributed by atoms with Gasteiger partial charge in [-0.1, -0.05) is 38.1 Å². The fourth-order valence-corrected chi connectivity index (χ4v) is 2.43. The Bertz CT molecular complexity index is 806. The number of nitrogens with one attached hydrogen (secondary N) is 2. The van der Waals surface area contributed by atoms with Crippen LogP contribution in [0, 0.1) is 5.92 Å². The molecular formula is C23H30N2O4. The standard InChI is InChI=1S/C23H30N2O4/c1-16(2)21(26)28-14-17-6-10-19(11-7-17)24-22(27)29-15-18-8-12-20(13-9-18)25-23(3,4)5/h6-13,16,25H,14-15H2,1-5H3,(H,24,27). The van der Waals surface area contributed by atoms with E-state index in [9.17, 15) is 9.59 Å².